The number of aliphatic hydroxyl groups is 8. The zero-order valence-corrected chi connectivity index (χ0v) is 21.7. The minimum absolute atomic E-state index is 0.345. The summed E-state index contributed by atoms with van der Waals surface area (Å²) >= 11 is 0. The van der Waals surface area contributed by atoms with Crippen LogP contribution in [0.4, 0.5) is 0 Å². The predicted octanol–water partition coefficient (Wildman–Crippen LogP) is -3.33. The number of aliphatic hydroxyl groups excluding tert-OH is 8. The summed E-state index contributed by atoms with van der Waals surface area (Å²) in [6.45, 7) is 0.364. The van der Waals surface area contributed by atoms with Crippen LogP contribution >= 0.6 is 21.8 Å². The molecule has 3 saturated heterocycles. The summed E-state index contributed by atoms with van der Waals surface area (Å²) in [4.78, 5) is 3.48. The normalized spacial score (nSPS) is 41.6. The van der Waals surface area contributed by atoms with Crippen LogP contribution in [0.2, 0.25) is 0 Å². The van der Waals surface area contributed by atoms with Crippen molar-refractivity contribution in [2.24, 2.45) is 0 Å². The molecule has 4 aliphatic rings. The fourth-order valence-electron chi connectivity index (χ4n) is 4.40. The van der Waals surface area contributed by atoms with Gasteiger partial charge in [0, 0.05) is 43.4 Å². The molecule has 4 aliphatic heterocycles. The molecule has 0 bridgehead atoms. The molecule has 0 aliphatic carbocycles. The lowest BCUT2D eigenvalue weighted by Crippen LogP contribution is -2.68. The van der Waals surface area contributed by atoms with E-state index in [0.29, 0.717) is 26.2 Å². The fourth-order valence-corrected chi connectivity index (χ4v) is 5.49. The number of nitrogens with zero attached hydrogens (tertiary/aromatic N) is 2. The first kappa shape index (κ1) is 30.8. The zero-order valence-electron chi connectivity index (χ0n) is 20.1. The van der Waals surface area contributed by atoms with Gasteiger partial charge in [-0.2, -0.15) is 0 Å². The molecule has 10 atom stereocenters. The first-order valence-corrected chi connectivity index (χ1v) is 14.2. The molecule has 3 fully saturated rings. The van der Waals surface area contributed by atoms with Crippen LogP contribution in [0, 0.1) is 0 Å². The van der Waals surface area contributed by atoms with Crippen molar-refractivity contribution >= 4 is 21.8 Å². The van der Waals surface area contributed by atoms with Crippen molar-refractivity contribution in [3.8, 4) is 0 Å². The Kier molecular flexibility index (Phi) is 12.6. The molecule has 2 unspecified atom stereocenters. The number of nitrogens with one attached hydrogen (secondary N) is 1. The Labute approximate surface area is 223 Å². The quantitative estimate of drug-likeness (QED) is 0.121. The fraction of sp³-hybridized carbons (Fsp3) is 0.727. The summed E-state index contributed by atoms with van der Waals surface area (Å²) < 4.78 is 14.1. The van der Waals surface area contributed by atoms with Gasteiger partial charge in [-0.3, -0.25) is 9.80 Å². The third-order valence-electron chi connectivity index (χ3n) is 6.53. The molecule has 37 heavy (non-hydrogen) atoms. The molecule has 0 aromatic rings. The van der Waals surface area contributed by atoms with Crippen LogP contribution in [0.25, 0.3) is 0 Å². The van der Waals surface area contributed by atoms with Gasteiger partial charge in [0.1, 0.15) is 61.3 Å². The maximum Gasteiger partial charge on any atom is 0.140 e. The number of allylic oxidation sites excluding steroid dienone is 4. The summed E-state index contributed by atoms with van der Waals surface area (Å²) in [6.07, 6.45) is -2.48. The Morgan fingerprint density at radius 1 is 0.649 bits per heavy atom. The molecule has 0 aromatic heterocycles. The largest absolute Gasteiger partial charge is 0.394 e. The van der Waals surface area contributed by atoms with Gasteiger partial charge in [-0.15, -0.1) is 0 Å². The van der Waals surface area contributed by atoms with E-state index in [2.05, 4.69) is 4.72 Å². The van der Waals surface area contributed by atoms with E-state index in [9.17, 15) is 40.9 Å². The van der Waals surface area contributed by atoms with E-state index < -0.39 is 74.5 Å². The molecule has 4 heterocycles. The average Bonchev–Trinajstić information content (AvgIpc) is 3.08. The minimum Gasteiger partial charge on any atom is -0.394 e. The third-order valence-corrected chi connectivity index (χ3v) is 8.04. The van der Waals surface area contributed by atoms with Gasteiger partial charge in [0.05, 0.1) is 13.2 Å². The molecule has 4 rings (SSSR count). The minimum atomic E-state index is -1.46. The highest BCUT2D eigenvalue weighted by Gasteiger charge is 2.49. The Morgan fingerprint density at radius 2 is 1.11 bits per heavy atom. The molecule has 0 saturated carbocycles. The molecule has 13 nitrogen and oxygen atoms in total. The van der Waals surface area contributed by atoms with Gasteiger partial charge in [0.15, 0.2) is 0 Å². The maximum atomic E-state index is 10.2. The Bertz CT molecular complexity index is 709. The lowest BCUT2D eigenvalue weighted by Gasteiger charge is -2.50. The van der Waals surface area contributed by atoms with Crippen molar-refractivity contribution in [3.05, 3.63) is 35.9 Å². The predicted molar refractivity (Wildman–Crippen MR) is 136 cm³/mol. The van der Waals surface area contributed by atoms with E-state index in [1.165, 1.54) is 0 Å². The van der Waals surface area contributed by atoms with Crippen LogP contribution in [-0.2, 0) is 9.47 Å². The molecule has 212 valence electrons. The monoisotopic (exact) mass is 567 g/mol. The van der Waals surface area contributed by atoms with Gasteiger partial charge >= 0.3 is 0 Å². The topological polar surface area (TPSA) is 199 Å². The van der Waals surface area contributed by atoms with Gasteiger partial charge < -0.3 is 55.0 Å². The molecule has 0 radical (unpaired) electrons. The highest BCUT2D eigenvalue weighted by molar-refractivity contribution is 8.77. The zero-order chi connectivity index (χ0) is 26.9. The number of hydrogen-bond donors (Lipinski definition) is 9. The highest BCUT2D eigenvalue weighted by Crippen LogP contribution is 2.27. The van der Waals surface area contributed by atoms with E-state index in [1.54, 1.807) is 31.6 Å². The van der Waals surface area contributed by atoms with E-state index in [0.717, 1.165) is 0 Å². The van der Waals surface area contributed by atoms with Crippen molar-refractivity contribution in [2.75, 3.05) is 39.4 Å². The third kappa shape index (κ3) is 7.89. The Hall–Kier alpha value is -0.760. The second kappa shape index (κ2) is 15.1. The lowest BCUT2D eigenvalue weighted by atomic mass is 9.96. The van der Waals surface area contributed by atoms with Gasteiger partial charge in [-0.25, -0.2) is 0 Å². The maximum absolute atomic E-state index is 10.2. The average molecular weight is 568 g/mol. The Balaban J connectivity index is 0.000000356. The summed E-state index contributed by atoms with van der Waals surface area (Å²) in [5.74, 6) is 0. The van der Waals surface area contributed by atoms with Crippen LogP contribution in [-0.4, -0.2) is 151 Å². The van der Waals surface area contributed by atoms with Crippen molar-refractivity contribution in [3.63, 3.8) is 0 Å². The molecule has 0 spiro atoms. The summed E-state index contributed by atoms with van der Waals surface area (Å²) in [6, 6.07) is 0. The molecular weight excluding hydrogens is 530 g/mol. The lowest BCUT2D eigenvalue weighted by molar-refractivity contribution is -0.283. The first-order valence-electron chi connectivity index (χ1n) is 12.0. The number of ether oxygens (including phenoxy) is 2. The second-order valence-electron chi connectivity index (χ2n) is 8.88. The van der Waals surface area contributed by atoms with Crippen LogP contribution in [0.5, 0.6) is 0 Å². The van der Waals surface area contributed by atoms with E-state index in [1.807, 2.05) is 35.9 Å². The van der Waals surface area contributed by atoms with Crippen molar-refractivity contribution in [1.29, 1.82) is 0 Å². The number of hydrogen-bond acceptors (Lipinski definition) is 15. The van der Waals surface area contributed by atoms with E-state index in [-0.39, 0.29) is 0 Å². The first-order chi connectivity index (χ1) is 17.8. The number of rotatable bonds is 4. The number of piperazine rings is 1. The van der Waals surface area contributed by atoms with E-state index in [4.69, 9.17) is 9.47 Å². The molecule has 0 aromatic carbocycles. The van der Waals surface area contributed by atoms with Crippen molar-refractivity contribution in [2.45, 2.75) is 61.3 Å². The van der Waals surface area contributed by atoms with Gasteiger partial charge in [0.2, 0.25) is 0 Å². The summed E-state index contributed by atoms with van der Waals surface area (Å²) in [5, 5.41) is 80.8. The molecule has 0 amide bonds. The molecule has 15 heteroatoms. The van der Waals surface area contributed by atoms with E-state index >= 15 is 0 Å². The SMILES string of the molecule is C1=CC=CSSNC=C1.OC[C@H]1OC(N2CCN(C3O[C@H](CO)[C@@H](O)[C@H](O)[C@H]3O)CC2)[C@H](O)[C@@H](O)[C@@H]1O. The van der Waals surface area contributed by atoms with Crippen LogP contribution < -0.4 is 4.72 Å². The summed E-state index contributed by atoms with van der Waals surface area (Å²) in [7, 11) is 3.26. The second-order valence-corrected chi connectivity index (χ2v) is 10.8. The van der Waals surface area contributed by atoms with Crippen molar-refractivity contribution < 1.29 is 50.3 Å². The van der Waals surface area contributed by atoms with Crippen molar-refractivity contribution in [1.82, 2.24) is 14.5 Å². The van der Waals surface area contributed by atoms with Gasteiger partial charge in [0.25, 0.3) is 0 Å². The van der Waals surface area contributed by atoms with Gasteiger partial charge in [-0.1, -0.05) is 18.2 Å². The summed E-state index contributed by atoms with van der Waals surface area (Å²) in [5.41, 5.74) is 0. The molecule has 9 N–H and O–H groups in total. The molecular formula is C22H37N3O10S2. The smallest absolute Gasteiger partial charge is 0.140 e. The van der Waals surface area contributed by atoms with Crippen LogP contribution in [0.15, 0.2) is 35.9 Å². The highest BCUT2D eigenvalue weighted by atomic mass is 33.1. The van der Waals surface area contributed by atoms with Crippen LogP contribution in [0.3, 0.4) is 0 Å². The van der Waals surface area contributed by atoms with Crippen LogP contribution in [0.1, 0.15) is 0 Å². The Morgan fingerprint density at radius 3 is 1.57 bits per heavy atom. The van der Waals surface area contributed by atoms with Gasteiger partial charge in [-0.05, 0) is 22.3 Å². The standard InChI is InChI=1S/C16H30N2O10.C6H7NS2/c19-5-7-9(21)11(23)13(25)15(27-7)17-1-2-18(4-3-17)16-14(26)12(24)10(22)8(6-20)28-16;1-2-4-6-8-9-7-5-3-1/h7-16,19-26H,1-6H2;1-7H/t7-,8-,9-,10-,11+,12+,13-,14-,15?,16?;/m1./s1.